The Hall–Kier alpha value is -4.05. The van der Waals surface area contributed by atoms with Gasteiger partial charge in [0.05, 0.1) is 4.90 Å². The zero-order valence-electron chi connectivity index (χ0n) is 16.2. The van der Waals surface area contributed by atoms with Crippen LogP contribution in [0.15, 0.2) is 93.3 Å². The molecule has 10 heteroatoms. The predicted molar refractivity (Wildman–Crippen MR) is 113 cm³/mol. The molecule has 4 aromatic rings. The number of benzene rings is 3. The van der Waals surface area contributed by atoms with E-state index in [2.05, 4.69) is 10.4 Å². The van der Waals surface area contributed by atoms with Crippen LogP contribution in [-0.4, -0.2) is 14.3 Å². The molecular weight excluding hydrogens is 440 g/mol. The van der Waals surface area contributed by atoms with Crippen LogP contribution in [0, 0.1) is 11.6 Å². The van der Waals surface area contributed by atoms with Crippen LogP contribution in [0.4, 0.5) is 14.5 Å². The van der Waals surface area contributed by atoms with Crippen molar-refractivity contribution < 1.29 is 26.4 Å². The van der Waals surface area contributed by atoms with Crippen molar-refractivity contribution in [1.82, 2.24) is 4.83 Å². The molecule has 0 aliphatic heterocycles. The van der Waals surface area contributed by atoms with Crippen LogP contribution < -0.4 is 15.7 Å². The van der Waals surface area contributed by atoms with Crippen molar-refractivity contribution in [3.8, 4) is 0 Å². The van der Waals surface area contributed by atoms with Crippen LogP contribution in [0.1, 0.15) is 10.4 Å². The molecule has 0 aliphatic rings. The normalized spacial score (nSPS) is 12.0. The second-order valence-corrected chi connectivity index (χ2v) is 8.27. The Balaban J connectivity index is 1.75. The molecule has 0 atom stereocenters. The first-order valence-corrected chi connectivity index (χ1v) is 10.7. The highest BCUT2D eigenvalue weighted by molar-refractivity contribution is 7.89. The molecule has 1 aromatic heterocycles. The highest BCUT2D eigenvalue weighted by atomic mass is 32.2. The lowest BCUT2D eigenvalue weighted by atomic mass is 10.1. The van der Waals surface area contributed by atoms with Crippen molar-refractivity contribution in [2.75, 3.05) is 5.32 Å². The lowest BCUT2D eigenvalue weighted by molar-refractivity contribution is 0.102. The number of carbonyl (C=O) groups is 1. The number of amides is 1. The maximum absolute atomic E-state index is 13.5. The highest BCUT2D eigenvalue weighted by Gasteiger charge is 2.16. The summed E-state index contributed by atoms with van der Waals surface area (Å²) in [5, 5.41) is 6.77. The SMILES string of the molecule is O=C(Nc1ccc(F)c(F)c1)c1cc2ccccc2o/c1=N\NS(=O)(=O)c1ccccc1. The van der Waals surface area contributed by atoms with Crippen molar-refractivity contribution in [1.29, 1.82) is 0 Å². The van der Waals surface area contributed by atoms with Crippen LogP contribution in [-0.2, 0) is 10.0 Å². The van der Waals surface area contributed by atoms with Gasteiger partial charge in [-0.15, -0.1) is 5.10 Å². The number of sulfonamides is 1. The van der Waals surface area contributed by atoms with Gasteiger partial charge in [-0.25, -0.2) is 8.78 Å². The van der Waals surface area contributed by atoms with E-state index in [1.54, 1.807) is 42.5 Å². The summed E-state index contributed by atoms with van der Waals surface area (Å²) in [5.74, 6) is -2.95. The van der Waals surface area contributed by atoms with Gasteiger partial charge in [-0.2, -0.15) is 13.2 Å². The molecule has 4 rings (SSSR count). The maximum atomic E-state index is 13.5. The molecule has 0 unspecified atom stereocenters. The molecule has 0 saturated carbocycles. The van der Waals surface area contributed by atoms with Crippen molar-refractivity contribution >= 4 is 32.6 Å². The Morgan fingerprint density at radius 1 is 0.875 bits per heavy atom. The lowest BCUT2D eigenvalue weighted by Gasteiger charge is -2.08. The van der Waals surface area contributed by atoms with Crippen LogP contribution >= 0.6 is 0 Å². The van der Waals surface area contributed by atoms with E-state index >= 15 is 0 Å². The van der Waals surface area contributed by atoms with Crippen molar-refractivity contribution in [2.45, 2.75) is 4.90 Å². The van der Waals surface area contributed by atoms with Gasteiger partial charge in [-0.3, -0.25) is 4.79 Å². The summed E-state index contributed by atoms with van der Waals surface area (Å²) >= 11 is 0. The number of nitrogens with one attached hydrogen (secondary N) is 2. The molecule has 3 aromatic carbocycles. The van der Waals surface area contributed by atoms with Gasteiger partial charge >= 0.3 is 0 Å². The van der Waals surface area contributed by atoms with Crippen molar-refractivity contribution in [2.24, 2.45) is 5.10 Å². The Morgan fingerprint density at radius 3 is 2.34 bits per heavy atom. The zero-order valence-corrected chi connectivity index (χ0v) is 17.1. The topological polar surface area (TPSA) is 101 Å². The highest BCUT2D eigenvalue weighted by Crippen LogP contribution is 2.16. The van der Waals surface area contributed by atoms with Gasteiger partial charge in [0.2, 0.25) is 5.55 Å². The molecule has 32 heavy (non-hydrogen) atoms. The van der Waals surface area contributed by atoms with E-state index in [0.29, 0.717) is 11.0 Å². The molecule has 162 valence electrons. The Kier molecular flexibility index (Phi) is 5.69. The summed E-state index contributed by atoms with van der Waals surface area (Å²) in [6.45, 7) is 0. The molecule has 0 fully saturated rings. The van der Waals surface area contributed by atoms with Crippen LogP contribution in [0.5, 0.6) is 0 Å². The minimum absolute atomic E-state index is 0.00197. The summed E-state index contributed by atoms with van der Waals surface area (Å²) in [5.41, 5.74) is -0.0834. The van der Waals surface area contributed by atoms with Gasteiger partial charge < -0.3 is 9.73 Å². The number of hydrogen-bond donors (Lipinski definition) is 2. The van der Waals surface area contributed by atoms with Gasteiger partial charge in [0.1, 0.15) is 11.1 Å². The number of rotatable bonds is 5. The number of fused-ring (bicyclic) bond motifs is 1. The zero-order chi connectivity index (χ0) is 22.7. The number of nitrogens with zero attached hydrogens (tertiary/aromatic N) is 1. The fraction of sp³-hybridized carbons (Fsp3) is 0. The second kappa shape index (κ2) is 8.60. The number of carbonyl (C=O) groups excluding carboxylic acids is 1. The Morgan fingerprint density at radius 2 is 1.59 bits per heavy atom. The summed E-state index contributed by atoms with van der Waals surface area (Å²) in [6.07, 6.45) is 0. The van der Waals surface area contributed by atoms with E-state index in [9.17, 15) is 22.0 Å². The lowest BCUT2D eigenvalue weighted by Crippen LogP contribution is -2.27. The van der Waals surface area contributed by atoms with E-state index in [4.69, 9.17) is 4.42 Å². The summed E-state index contributed by atoms with van der Waals surface area (Å²) < 4.78 is 57.3. The van der Waals surface area contributed by atoms with Crippen LogP contribution in [0.3, 0.4) is 0 Å². The fourth-order valence-electron chi connectivity index (χ4n) is 2.84. The van der Waals surface area contributed by atoms with Gasteiger partial charge in [0, 0.05) is 17.1 Å². The first-order valence-electron chi connectivity index (χ1n) is 9.23. The van der Waals surface area contributed by atoms with Crippen molar-refractivity contribution in [3.63, 3.8) is 0 Å². The first-order chi connectivity index (χ1) is 15.3. The molecular formula is C22H15F2N3O4S. The molecule has 2 N–H and O–H groups in total. The third-order valence-corrected chi connectivity index (χ3v) is 5.62. The molecule has 1 amide bonds. The quantitative estimate of drug-likeness (QED) is 0.448. The van der Waals surface area contributed by atoms with E-state index in [1.165, 1.54) is 24.3 Å². The minimum atomic E-state index is -4.02. The molecule has 1 heterocycles. The van der Waals surface area contributed by atoms with E-state index in [-0.39, 0.29) is 21.7 Å². The maximum Gasteiger partial charge on any atom is 0.276 e. The molecule has 0 radical (unpaired) electrons. The summed E-state index contributed by atoms with van der Waals surface area (Å²) in [4.78, 5) is 14.9. The summed E-state index contributed by atoms with van der Waals surface area (Å²) in [6, 6.07) is 18.6. The standard InChI is InChI=1S/C22H15F2N3O4S/c23-18-11-10-15(13-19(18)24)25-21(28)17-12-14-6-4-5-9-20(14)31-22(17)26-27-32(29,30)16-7-2-1-3-8-16/h1-13,27H,(H,25,28)/b26-22-. The number of halogens is 2. The summed E-state index contributed by atoms with van der Waals surface area (Å²) in [7, 11) is -4.02. The van der Waals surface area contributed by atoms with Crippen LogP contribution in [0.25, 0.3) is 11.0 Å². The van der Waals surface area contributed by atoms with E-state index in [0.717, 1.165) is 12.1 Å². The molecule has 7 nitrogen and oxygen atoms in total. The molecule has 0 aliphatic carbocycles. The third kappa shape index (κ3) is 4.49. The smallest absolute Gasteiger partial charge is 0.276 e. The third-order valence-electron chi connectivity index (χ3n) is 4.40. The number of anilines is 1. The van der Waals surface area contributed by atoms with Gasteiger partial charge in [-0.05, 0) is 36.4 Å². The second-order valence-electron chi connectivity index (χ2n) is 6.61. The van der Waals surface area contributed by atoms with Gasteiger partial charge in [-0.1, -0.05) is 36.4 Å². The van der Waals surface area contributed by atoms with Crippen molar-refractivity contribution in [3.05, 3.63) is 102 Å². The Bertz CT molecular complexity index is 1490. The number of para-hydroxylation sites is 1. The average Bonchev–Trinajstić information content (AvgIpc) is 2.80. The minimum Gasteiger partial charge on any atom is -0.436 e. The monoisotopic (exact) mass is 455 g/mol. The van der Waals surface area contributed by atoms with Gasteiger partial charge in [0.25, 0.3) is 15.9 Å². The molecule has 0 bridgehead atoms. The fourth-order valence-corrected chi connectivity index (χ4v) is 3.66. The largest absolute Gasteiger partial charge is 0.436 e. The predicted octanol–water partition coefficient (Wildman–Crippen LogP) is 3.76. The average molecular weight is 455 g/mol. The Labute approximate surface area is 181 Å². The van der Waals surface area contributed by atoms with Crippen LogP contribution in [0.2, 0.25) is 0 Å². The van der Waals surface area contributed by atoms with E-state index in [1.807, 2.05) is 4.83 Å². The first kappa shape index (κ1) is 21.2. The van der Waals surface area contributed by atoms with Gasteiger partial charge in [0.15, 0.2) is 11.6 Å². The molecule has 0 spiro atoms. The number of hydrogen-bond acceptors (Lipinski definition) is 5. The molecule has 0 saturated heterocycles. The van der Waals surface area contributed by atoms with E-state index < -0.39 is 27.6 Å².